The molecular weight excluding hydrogens is 414 g/mol. The molecule has 1 aromatic heterocycles. The van der Waals surface area contributed by atoms with Crippen molar-refractivity contribution < 1.29 is 9.59 Å². The van der Waals surface area contributed by atoms with Crippen molar-refractivity contribution in [2.75, 3.05) is 5.32 Å². The number of rotatable bonds is 6. The van der Waals surface area contributed by atoms with Gasteiger partial charge in [-0.2, -0.15) is 0 Å². The fourth-order valence-corrected chi connectivity index (χ4v) is 4.42. The molecule has 0 aliphatic carbocycles. The number of nitrogens with one attached hydrogen (secondary N) is 2. The summed E-state index contributed by atoms with van der Waals surface area (Å²) in [5.41, 5.74) is 3.67. The number of hydrogen-bond acceptors (Lipinski definition) is 5. The highest BCUT2D eigenvalue weighted by atomic mass is 32.2. The predicted molar refractivity (Wildman–Crippen MR) is 124 cm³/mol. The van der Waals surface area contributed by atoms with Gasteiger partial charge in [-0.1, -0.05) is 23.9 Å². The first-order chi connectivity index (χ1) is 14.2. The highest BCUT2D eigenvalue weighted by molar-refractivity contribution is 8.00. The van der Waals surface area contributed by atoms with Crippen LogP contribution in [0.15, 0.2) is 58.3 Å². The Kier molecular flexibility index (Phi) is 6.95. The van der Waals surface area contributed by atoms with E-state index in [9.17, 15) is 9.59 Å². The number of nitrogens with zero attached hydrogens (tertiary/aromatic N) is 1. The second-order valence-corrected chi connectivity index (χ2v) is 10.1. The van der Waals surface area contributed by atoms with Crippen molar-refractivity contribution in [2.45, 2.75) is 43.3 Å². The standard InChI is InChI=1S/C23H25N3O2S2/c1-15-13-29-22(24-15)30-14-16-5-7-17(8-6-16)20(27)25-19-11-9-18(10-12-19)21(28)26-23(2,3)4/h5-13H,14H2,1-4H3,(H,25,27)(H,26,28). The molecule has 1 heterocycles. The first kappa shape index (κ1) is 22.1. The van der Waals surface area contributed by atoms with Crippen LogP contribution in [0, 0.1) is 6.92 Å². The van der Waals surface area contributed by atoms with Gasteiger partial charge in [-0.05, 0) is 69.7 Å². The van der Waals surface area contributed by atoms with Crippen LogP contribution in [0.3, 0.4) is 0 Å². The third-order valence-corrected chi connectivity index (χ3v) is 6.28. The zero-order chi connectivity index (χ0) is 21.7. The minimum atomic E-state index is -0.298. The second kappa shape index (κ2) is 9.45. The Balaban J connectivity index is 1.55. The lowest BCUT2D eigenvalue weighted by Crippen LogP contribution is -2.40. The third kappa shape index (κ3) is 6.43. The van der Waals surface area contributed by atoms with Crippen LogP contribution in [0.2, 0.25) is 0 Å². The molecule has 2 aromatic carbocycles. The van der Waals surface area contributed by atoms with Crippen LogP contribution in [0.1, 0.15) is 52.7 Å². The number of aryl methyl sites for hydroxylation is 1. The average Bonchev–Trinajstić information content (AvgIpc) is 3.11. The molecule has 0 saturated carbocycles. The number of thiazole rings is 1. The van der Waals surface area contributed by atoms with Gasteiger partial charge in [-0.3, -0.25) is 9.59 Å². The molecule has 0 saturated heterocycles. The molecule has 5 nitrogen and oxygen atoms in total. The molecule has 3 rings (SSSR count). The summed E-state index contributed by atoms with van der Waals surface area (Å²) < 4.78 is 1.05. The summed E-state index contributed by atoms with van der Waals surface area (Å²) in [6.07, 6.45) is 0. The maximum atomic E-state index is 12.5. The minimum absolute atomic E-state index is 0.137. The third-order valence-electron chi connectivity index (χ3n) is 4.07. The molecule has 156 valence electrons. The van der Waals surface area contributed by atoms with E-state index in [0.29, 0.717) is 16.8 Å². The molecule has 3 aromatic rings. The van der Waals surface area contributed by atoms with E-state index in [1.165, 1.54) is 0 Å². The lowest BCUT2D eigenvalue weighted by atomic mass is 10.1. The molecule has 0 radical (unpaired) electrons. The fraction of sp³-hybridized carbons (Fsp3) is 0.261. The number of hydrogen-bond donors (Lipinski definition) is 2. The topological polar surface area (TPSA) is 71.1 Å². The monoisotopic (exact) mass is 439 g/mol. The first-order valence-corrected chi connectivity index (χ1v) is 11.4. The summed E-state index contributed by atoms with van der Waals surface area (Å²) in [6, 6.07) is 14.4. The molecule has 0 spiro atoms. The van der Waals surface area contributed by atoms with Crippen LogP contribution in [0.4, 0.5) is 5.69 Å². The largest absolute Gasteiger partial charge is 0.347 e. The first-order valence-electron chi connectivity index (χ1n) is 9.57. The van der Waals surface area contributed by atoms with E-state index in [-0.39, 0.29) is 17.4 Å². The van der Waals surface area contributed by atoms with Gasteiger partial charge in [-0.15, -0.1) is 11.3 Å². The van der Waals surface area contributed by atoms with Crippen LogP contribution in [-0.4, -0.2) is 22.3 Å². The Hall–Kier alpha value is -2.64. The lowest BCUT2D eigenvalue weighted by Gasteiger charge is -2.20. The number of aromatic nitrogens is 1. The van der Waals surface area contributed by atoms with E-state index < -0.39 is 0 Å². The van der Waals surface area contributed by atoms with Gasteiger partial charge < -0.3 is 10.6 Å². The molecular formula is C23H25N3O2S2. The highest BCUT2D eigenvalue weighted by Crippen LogP contribution is 2.26. The number of carbonyl (C=O) groups is 2. The molecule has 0 aliphatic heterocycles. The van der Waals surface area contributed by atoms with Crippen molar-refractivity contribution in [3.05, 3.63) is 76.3 Å². The molecule has 2 N–H and O–H groups in total. The summed E-state index contributed by atoms with van der Waals surface area (Å²) in [7, 11) is 0. The normalized spacial score (nSPS) is 11.2. The maximum absolute atomic E-state index is 12.5. The Labute approximate surface area is 185 Å². The van der Waals surface area contributed by atoms with Crippen LogP contribution in [0.25, 0.3) is 0 Å². The Bertz CT molecular complexity index is 1020. The van der Waals surface area contributed by atoms with E-state index in [1.54, 1.807) is 47.4 Å². The lowest BCUT2D eigenvalue weighted by molar-refractivity contribution is 0.0919. The van der Waals surface area contributed by atoms with Gasteiger partial charge in [0.15, 0.2) is 0 Å². The number of benzene rings is 2. The Morgan fingerprint density at radius 2 is 1.57 bits per heavy atom. The van der Waals surface area contributed by atoms with E-state index in [0.717, 1.165) is 21.3 Å². The summed E-state index contributed by atoms with van der Waals surface area (Å²) in [5.74, 6) is 0.492. The SMILES string of the molecule is Cc1csc(SCc2ccc(C(=O)Nc3ccc(C(=O)NC(C)(C)C)cc3)cc2)n1. The molecule has 0 unspecified atom stereocenters. The van der Waals surface area contributed by atoms with Crippen molar-refractivity contribution in [2.24, 2.45) is 0 Å². The summed E-state index contributed by atoms with van der Waals surface area (Å²) >= 11 is 3.34. The van der Waals surface area contributed by atoms with Crippen molar-refractivity contribution >= 4 is 40.6 Å². The zero-order valence-electron chi connectivity index (χ0n) is 17.5. The van der Waals surface area contributed by atoms with Crippen LogP contribution < -0.4 is 10.6 Å². The summed E-state index contributed by atoms with van der Waals surface area (Å²) in [4.78, 5) is 29.1. The van der Waals surface area contributed by atoms with Crippen LogP contribution >= 0.6 is 23.1 Å². The fourth-order valence-electron chi connectivity index (χ4n) is 2.62. The number of thioether (sulfide) groups is 1. The number of amides is 2. The smallest absolute Gasteiger partial charge is 0.255 e. The van der Waals surface area contributed by atoms with E-state index >= 15 is 0 Å². The predicted octanol–water partition coefficient (Wildman–Crippen LogP) is 5.52. The Morgan fingerprint density at radius 1 is 0.967 bits per heavy atom. The van der Waals surface area contributed by atoms with E-state index in [4.69, 9.17) is 0 Å². The van der Waals surface area contributed by atoms with Gasteiger partial charge in [0.25, 0.3) is 11.8 Å². The minimum Gasteiger partial charge on any atom is -0.347 e. The maximum Gasteiger partial charge on any atom is 0.255 e. The van der Waals surface area contributed by atoms with Gasteiger partial charge in [0.1, 0.15) is 4.34 Å². The molecule has 0 fully saturated rings. The van der Waals surface area contributed by atoms with Crippen LogP contribution in [0.5, 0.6) is 0 Å². The van der Waals surface area contributed by atoms with Gasteiger partial charge in [0.05, 0.1) is 0 Å². The molecule has 2 amide bonds. The van der Waals surface area contributed by atoms with Gasteiger partial charge in [0.2, 0.25) is 0 Å². The number of anilines is 1. The molecule has 0 atom stereocenters. The van der Waals surface area contributed by atoms with Gasteiger partial charge in [0, 0.05) is 39.2 Å². The van der Waals surface area contributed by atoms with E-state index in [2.05, 4.69) is 15.6 Å². The molecule has 7 heteroatoms. The zero-order valence-corrected chi connectivity index (χ0v) is 19.1. The van der Waals surface area contributed by atoms with Gasteiger partial charge in [-0.25, -0.2) is 4.98 Å². The highest BCUT2D eigenvalue weighted by Gasteiger charge is 2.15. The van der Waals surface area contributed by atoms with Gasteiger partial charge >= 0.3 is 0 Å². The Morgan fingerprint density at radius 3 is 2.13 bits per heavy atom. The van der Waals surface area contributed by atoms with Crippen molar-refractivity contribution in [3.8, 4) is 0 Å². The molecule has 0 bridgehead atoms. The second-order valence-electron chi connectivity index (χ2n) is 7.98. The summed E-state index contributed by atoms with van der Waals surface area (Å²) in [5, 5.41) is 7.83. The van der Waals surface area contributed by atoms with Crippen molar-refractivity contribution in [1.29, 1.82) is 0 Å². The van der Waals surface area contributed by atoms with Crippen LogP contribution in [-0.2, 0) is 5.75 Å². The molecule has 30 heavy (non-hydrogen) atoms. The quantitative estimate of drug-likeness (QED) is 0.496. The van der Waals surface area contributed by atoms with E-state index in [1.807, 2.05) is 57.3 Å². The van der Waals surface area contributed by atoms with Crippen molar-refractivity contribution in [1.82, 2.24) is 10.3 Å². The van der Waals surface area contributed by atoms with Crippen molar-refractivity contribution in [3.63, 3.8) is 0 Å². The molecule has 0 aliphatic rings. The number of carbonyl (C=O) groups excluding carboxylic acids is 2. The average molecular weight is 440 g/mol. The summed E-state index contributed by atoms with van der Waals surface area (Å²) in [6.45, 7) is 7.79.